The van der Waals surface area contributed by atoms with Gasteiger partial charge in [-0.3, -0.25) is 0 Å². The molecule has 0 aliphatic heterocycles. The molecule has 0 fully saturated rings. The van der Waals surface area contributed by atoms with E-state index in [1.165, 1.54) is 0 Å². The van der Waals surface area contributed by atoms with Gasteiger partial charge in [0.25, 0.3) is 0 Å². The van der Waals surface area contributed by atoms with Gasteiger partial charge in [0.05, 0.1) is 0 Å². The largest absolute Gasteiger partial charge is 1.00 e. The van der Waals surface area contributed by atoms with E-state index in [2.05, 4.69) is 0 Å². The van der Waals surface area contributed by atoms with Crippen LogP contribution in [0, 0.1) is 0 Å². The molecule has 0 saturated carbocycles. The molecule has 12 heavy (non-hydrogen) atoms. The number of nitrogens with zero attached hydrogens (tertiary/aromatic N) is 1. The normalized spacial score (nSPS) is 8.42. The molecule has 0 aliphatic carbocycles. The van der Waals surface area contributed by atoms with Crippen LogP contribution in [0.3, 0.4) is 0 Å². The summed E-state index contributed by atoms with van der Waals surface area (Å²) in [6.45, 7) is 0. The SMILES string of the molecule is CN(C(=S)[S-])c1ccccc1.[Li+]. The fourth-order valence-corrected chi connectivity index (χ4v) is 0.968. The zero-order chi connectivity index (χ0) is 8.27. The third kappa shape index (κ3) is 3.12. The third-order valence-corrected chi connectivity index (χ3v) is 1.97. The molecular weight excluding hydrogens is 181 g/mol. The summed E-state index contributed by atoms with van der Waals surface area (Å²) < 4.78 is 0.469. The molecular formula is C8H8LiNS2. The van der Waals surface area contributed by atoms with Crippen LogP contribution in [-0.2, 0) is 12.6 Å². The van der Waals surface area contributed by atoms with E-state index in [0.29, 0.717) is 4.32 Å². The van der Waals surface area contributed by atoms with E-state index in [0.717, 1.165) is 5.69 Å². The molecule has 1 aromatic carbocycles. The Morgan fingerprint density at radius 1 is 1.33 bits per heavy atom. The Labute approximate surface area is 95.7 Å². The van der Waals surface area contributed by atoms with E-state index in [1.54, 1.807) is 4.90 Å². The van der Waals surface area contributed by atoms with Crippen molar-refractivity contribution >= 4 is 34.9 Å². The van der Waals surface area contributed by atoms with Gasteiger partial charge in [-0.05, 0) is 12.1 Å². The van der Waals surface area contributed by atoms with Crippen LogP contribution in [0.15, 0.2) is 30.3 Å². The predicted molar refractivity (Wildman–Crippen MR) is 54.8 cm³/mol. The number of anilines is 1. The second kappa shape index (κ2) is 5.55. The number of rotatable bonds is 1. The standard InChI is InChI=1S/C8H9NS2.Li/c1-9(8(10)11)7-5-3-2-4-6-7;/h2-6H,1H3,(H,10,11);/q;+1/p-1. The van der Waals surface area contributed by atoms with Crippen LogP contribution in [0.25, 0.3) is 0 Å². The van der Waals surface area contributed by atoms with Gasteiger partial charge in [-0.2, -0.15) is 0 Å². The van der Waals surface area contributed by atoms with Crippen LogP contribution < -0.4 is 23.8 Å². The van der Waals surface area contributed by atoms with Crippen LogP contribution in [0.2, 0.25) is 0 Å². The first-order chi connectivity index (χ1) is 5.22. The van der Waals surface area contributed by atoms with Crippen molar-refractivity contribution < 1.29 is 18.9 Å². The minimum absolute atomic E-state index is 0. The fourth-order valence-electron chi connectivity index (χ4n) is 0.757. The number of thiocarbonyl (C=S) groups is 1. The van der Waals surface area contributed by atoms with E-state index >= 15 is 0 Å². The molecule has 1 rings (SSSR count). The average Bonchev–Trinajstić information content (AvgIpc) is 2.05. The molecule has 0 unspecified atom stereocenters. The van der Waals surface area contributed by atoms with Crippen molar-refractivity contribution in [2.75, 3.05) is 11.9 Å². The molecule has 0 amide bonds. The Bertz CT molecular complexity index is 250. The molecule has 0 heterocycles. The van der Waals surface area contributed by atoms with Gasteiger partial charge in [0.2, 0.25) is 0 Å². The summed E-state index contributed by atoms with van der Waals surface area (Å²) in [7, 11) is 1.87. The Morgan fingerprint density at radius 2 is 1.83 bits per heavy atom. The maximum Gasteiger partial charge on any atom is 1.00 e. The van der Waals surface area contributed by atoms with Crippen LogP contribution in [0.5, 0.6) is 0 Å². The van der Waals surface area contributed by atoms with Gasteiger partial charge >= 0.3 is 18.9 Å². The van der Waals surface area contributed by atoms with Gasteiger partial charge in [0, 0.05) is 12.7 Å². The summed E-state index contributed by atoms with van der Waals surface area (Å²) in [5.41, 5.74) is 1.03. The molecule has 0 spiro atoms. The molecule has 0 aliphatic rings. The maximum absolute atomic E-state index is 4.84. The van der Waals surface area contributed by atoms with Crippen LogP contribution >= 0.6 is 12.2 Å². The Morgan fingerprint density at radius 3 is 2.25 bits per heavy atom. The second-order valence-corrected chi connectivity index (χ2v) is 3.19. The van der Waals surface area contributed by atoms with E-state index in [-0.39, 0.29) is 18.9 Å². The summed E-state index contributed by atoms with van der Waals surface area (Å²) in [6.07, 6.45) is 0. The van der Waals surface area contributed by atoms with Gasteiger partial charge in [-0.25, -0.2) is 0 Å². The Hall–Kier alpha value is -0.0726. The number of benzene rings is 1. The molecule has 4 heteroatoms. The summed E-state index contributed by atoms with van der Waals surface area (Å²) in [4.78, 5) is 1.80. The molecule has 0 N–H and O–H groups in total. The van der Waals surface area contributed by atoms with Gasteiger partial charge < -0.3 is 29.7 Å². The summed E-state index contributed by atoms with van der Waals surface area (Å²) in [5.74, 6) is 0. The molecule has 1 aromatic rings. The van der Waals surface area contributed by atoms with Crippen LogP contribution in [0.1, 0.15) is 0 Å². The summed E-state index contributed by atoms with van der Waals surface area (Å²) in [6, 6.07) is 9.82. The van der Waals surface area contributed by atoms with Gasteiger partial charge in [0.1, 0.15) is 0 Å². The summed E-state index contributed by atoms with van der Waals surface area (Å²) >= 11 is 9.68. The molecule has 0 bridgehead atoms. The van der Waals surface area contributed by atoms with E-state index in [9.17, 15) is 0 Å². The Kier molecular flexibility index (Phi) is 5.52. The van der Waals surface area contributed by atoms with Gasteiger partial charge in [0.15, 0.2) is 0 Å². The quantitative estimate of drug-likeness (QED) is 0.315. The van der Waals surface area contributed by atoms with Crippen LogP contribution in [0.4, 0.5) is 5.69 Å². The summed E-state index contributed by atoms with van der Waals surface area (Å²) in [5, 5.41) is 0. The minimum atomic E-state index is 0. The first-order valence-corrected chi connectivity index (χ1v) is 4.03. The molecule has 0 atom stereocenters. The third-order valence-electron chi connectivity index (χ3n) is 1.42. The topological polar surface area (TPSA) is 3.24 Å². The zero-order valence-electron chi connectivity index (χ0n) is 7.15. The van der Waals surface area contributed by atoms with Crippen molar-refractivity contribution in [1.82, 2.24) is 0 Å². The number of hydrogen-bond donors (Lipinski definition) is 0. The van der Waals surface area contributed by atoms with Crippen molar-refractivity contribution in [1.29, 1.82) is 0 Å². The second-order valence-electron chi connectivity index (χ2n) is 2.16. The van der Waals surface area contributed by atoms with Crippen molar-refractivity contribution in [3.05, 3.63) is 30.3 Å². The smallest absolute Gasteiger partial charge is 0.411 e. The molecule has 0 radical (unpaired) electrons. The van der Waals surface area contributed by atoms with E-state index in [4.69, 9.17) is 24.8 Å². The number of para-hydroxylation sites is 1. The first-order valence-electron chi connectivity index (χ1n) is 3.21. The minimum Gasteiger partial charge on any atom is -0.411 e. The van der Waals surface area contributed by atoms with Gasteiger partial charge in [-0.15, -0.1) is 0 Å². The van der Waals surface area contributed by atoms with E-state index in [1.807, 2.05) is 37.4 Å². The maximum atomic E-state index is 4.84. The number of hydrogen-bond acceptors (Lipinski definition) is 2. The molecule has 1 nitrogen and oxygen atoms in total. The van der Waals surface area contributed by atoms with Gasteiger partial charge in [-0.1, -0.05) is 22.5 Å². The van der Waals surface area contributed by atoms with Crippen molar-refractivity contribution in [3.8, 4) is 0 Å². The molecule has 58 valence electrons. The van der Waals surface area contributed by atoms with Crippen molar-refractivity contribution in [2.24, 2.45) is 0 Å². The van der Waals surface area contributed by atoms with E-state index < -0.39 is 0 Å². The molecule has 0 aromatic heterocycles. The zero-order valence-corrected chi connectivity index (χ0v) is 8.78. The van der Waals surface area contributed by atoms with Crippen molar-refractivity contribution in [2.45, 2.75) is 0 Å². The van der Waals surface area contributed by atoms with Crippen LogP contribution in [-0.4, -0.2) is 11.4 Å². The predicted octanol–water partition coefficient (Wildman–Crippen LogP) is -1.04. The monoisotopic (exact) mass is 189 g/mol. The Balaban J connectivity index is 0.00000121. The average molecular weight is 189 g/mol. The molecule has 0 saturated heterocycles. The fraction of sp³-hybridized carbons (Fsp3) is 0.125. The first kappa shape index (κ1) is 11.9. The van der Waals surface area contributed by atoms with Crippen molar-refractivity contribution in [3.63, 3.8) is 0 Å².